The van der Waals surface area contributed by atoms with E-state index in [-0.39, 0.29) is 24.6 Å². The van der Waals surface area contributed by atoms with Crippen molar-refractivity contribution < 1.29 is 24.1 Å². The summed E-state index contributed by atoms with van der Waals surface area (Å²) in [6, 6.07) is 15.6. The lowest BCUT2D eigenvalue weighted by Crippen LogP contribution is -2.44. The van der Waals surface area contributed by atoms with Crippen LogP contribution in [0.15, 0.2) is 48.5 Å². The van der Waals surface area contributed by atoms with E-state index in [0.717, 1.165) is 36.9 Å². The predicted octanol–water partition coefficient (Wildman–Crippen LogP) is 5.80. The molecule has 0 spiro atoms. The smallest absolute Gasteiger partial charge is 0.220 e. The Morgan fingerprint density at radius 3 is 2.46 bits per heavy atom. The van der Waals surface area contributed by atoms with E-state index in [2.05, 4.69) is 24.5 Å². The van der Waals surface area contributed by atoms with Crippen molar-refractivity contribution in [1.29, 1.82) is 0 Å². The van der Waals surface area contributed by atoms with Gasteiger partial charge in [-0.3, -0.25) is 4.79 Å². The van der Waals surface area contributed by atoms with Gasteiger partial charge in [-0.05, 0) is 62.4 Å². The van der Waals surface area contributed by atoms with Crippen LogP contribution in [-0.4, -0.2) is 62.7 Å². The second kappa shape index (κ2) is 23.2. The summed E-state index contributed by atoms with van der Waals surface area (Å²) in [6.07, 6.45) is 3.70. The Balaban J connectivity index is 0.00000268. The molecular weight excluding hydrogens is 542 g/mol. The van der Waals surface area contributed by atoms with E-state index in [9.17, 15) is 4.79 Å². The molecule has 0 bridgehead atoms. The maximum Gasteiger partial charge on any atom is 0.220 e. The van der Waals surface area contributed by atoms with Gasteiger partial charge in [0.25, 0.3) is 0 Å². The fraction of sp³-hybridized carbons (Fsp3) is 0.594. The molecule has 0 aromatic heterocycles. The summed E-state index contributed by atoms with van der Waals surface area (Å²) in [5, 5.41) is 14.8. The highest BCUT2D eigenvalue weighted by molar-refractivity contribution is 6.32. The SMILES string of the molecule is CCO.CCOCCCOc1cc(COCC(N)CCCC(=O)NC(CNc2ccccc2)C(C)CC)ccc1Cl. The van der Waals surface area contributed by atoms with E-state index >= 15 is 0 Å². The number of hydrogen-bond donors (Lipinski definition) is 4. The largest absolute Gasteiger partial charge is 0.492 e. The molecule has 0 saturated heterocycles. The summed E-state index contributed by atoms with van der Waals surface area (Å²) in [6.45, 7) is 11.7. The van der Waals surface area contributed by atoms with E-state index < -0.39 is 0 Å². The standard InChI is InChI=1S/C30H46ClN3O4.C2H6O/c1-4-23(3)28(20-33-26-12-7-6-8-13-26)34-30(35)14-9-11-25(32)22-37-21-24-15-16-27(31)29(19-24)38-18-10-17-36-5-2;1-2-3/h6-8,12-13,15-16,19,23,25,28,33H,4-5,9-11,14,17-18,20-22,32H2,1-3H3,(H,34,35);3H,2H2,1H3. The Kier molecular flexibility index (Phi) is 20.8. The van der Waals surface area contributed by atoms with Gasteiger partial charge in [-0.25, -0.2) is 0 Å². The first-order chi connectivity index (χ1) is 19.8. The first kappa shape index (κ1) is 36.7. The van der Waals surface area contributed by atoms with Crippen LogP contribution in [0.2, 0.25) is 5.02 Å². The molecule has 3 unspecified atom stereocenters. The second-order valence-electron chi connectivity index (χ2n) is 9.95. The number of rotatable bonds is 20. The first-order valence-electron chi connectivity index (χ1n) is 14.9. The summed E-state index contributed by atoms with van der Waals surface area (Å²) >= 11 is 6.25. The molecule has 8 nitrogen and oxygen atoms in total. The van der Waals surface area contributed by atoms with Gasteiger partial charge in [-0.2, -0.15) is 0 Å². The van der Waals surface area contributed by atoms with Crippen molar-refractivity contribution in [3.8, 4) is 5.75 Å². The maximum atomic E-state index is 12.6. The Morgan fingerprint density at radius 2 is 1.78 bits per heavy atom. The molecule has 0 heterocycles. The van der Waals surface area contributed by atoms with Gasteiger partial charge in [0.05, 0.1) is 24.8 Å². The number of para-hydroxylation sites is 1. The molecule has 232 valence electrons. The van der Waals surface area contributed by atoms with Crippen LogP contribution in [0.25, 0.3) is 0 Å². The minimum absolute atomic E-state index is 0.0632. The van der Waals surface area contributed by atoms with Crippen LogP contribution in [-0.2, 0) is 20.9 Å². The van der Waals surface area contributed by atoms with Crippen molar-refractivity contribution in [3.05, 3.63) is 59.1 Å². The molecule has 0 fully saturated rings. The molecule has 9 heteroatoms. The molecule has 5 N–H and O–H groups in total. The second-order valence-corrected chi connectivity index (χ2v) is 10.4. The number of anilines is 1. The predicted molar refractivity (Wildman–Crippen MR) is 169 cm³/mol. The van der Waals surface area contributed by atoms with E-state index in [1.54, 1.807) is 6.92 Å². The molecule has 0 aliphatic carbocycles. The van der Waals surface area contributed by atoms with Gasteiger partial charge >= 0.3 is 0 Å². The third-order valence-electron chi connectivity index (χ3n) is 6.45. The maximum absolute atomic E-state index is 12.6. The lowest BCUT2D eigenvalue weighted by Gasteiger charge is -2.25. The number of amides is 1. The third-order valence-corrected chi connectivity index (χ3v) is 6.76. The van der Waals surface area contributed by atoms with Crippen LogP contribution in [0.3, 0.4) is 0 Å². The van der Waals surface area contributed by atoms with E-state index in [0.29, 0.717) is 62.7 Å². The van der Waals surface area contributed by atoms with Gasteiger partial charge in [0.2, 0.25) is 5.91 Å². The number of carbonyl (C=O) groups excluding carboxylic acids is 1. The number of benzene rings is 2. The summed E-state index contributed by atoms with van der Waals surface area (Å²) < 4.78 is 16.9. The van der Waals surface area contributed by atoms with Gasteiger partial charge in [-0.15, -0.1) is 0 Å². The zero-order valence-corrected chi connectivity index (χ0v) is 26.1. The van der Waals surface area contributed by atoms with Crippen molar-refractivity contribution in [2.24, 2.45) is 11.7 Å². The van der Waals surface area contributed by atoms with Gasteiger partial charge in [0, 0.05) is 57.0 Å². The van der Waals surface area contributed by atoms with Crippen molar-refractivity contribution in [2.75, 3.05) is 44.9 Å². The first-order valence-corrected chi connectivity index (χ1v) is 15.2. The van der Waals surface area contributed by atoms with Gasteiger partial charge in [-0.1, -0.05) is 56.1 Å². The summed E-state index contributed by atoms with van der Waals surface area (Å²) in [5.74, 6) is 1.09. The lowest BCUT2D eigenvalue weighted by atomic mass is 9.98. The van der Waals surface area contributed by atoms with Gasteiger partial charge < -0.3 is 35.7 Å². The molecule has 2 rings (SSSR count). The van der Waals surface area contributed by atoms with Crippen molar-refractivity contribution >= 4 is 23.2 Å². The van der Waals surface area contributed by atoms with Crippen molar-refractivity contribution in [3.63, 3.8) is 0 Å². The van der Waals surface area contributed by atoms with Gasteiger partial charge in [0.15, 0.2) is 0 Å². The number of ether oxygens (including phenoxy) is 3. The Hall–Kier alpha value is -2.36. The molecule has 2 aromatic rings. The average molecular weight is 594 g/mol. The highest BCUT2D eigenvalue weighted by Crippen LogP contribution is 2.26. The summed E-state index contributed by atoms with van der Waals surface area (Å²) in [7, 11) is 0. The topological polar surface area (TPSA) is 115 Å². The molecule has 41 heavy (non-hydrogen) atoms. The molecule has 1 amide bonds. The molecule has 0 saturated carbocycles. The third kappa shape index (κ3) is 17.3. The molecular formula is C32H52ClN3O5. The minimum atomic E-state index is -0.130. The zero-order valence-electron chi connectivity index (χ0n) is 25.4. The van der Waals surface area contributed by atoms with Crippen molar-refractivity contribution in [1.82, 2.24) is 5.32 Å². The highest BCUT2D eigenvalue weighted by atomic mass is 35.5. The van der Waals surface area contributed by atoms with Gasteiger partial charge in [0.1, 0.15) is 5.75 Å². The van der Waals surface area contributed by atoms with Crippen LogP contribution < -0.4 is 21.1 Å². The number of carbonyl (C=O) groups is 1. The molecule has 2 aromatic carbocycles. The minimum Gasteiger partial charge on any atom is -0.492 e. The Morgan fingerprint density at radius 1 is 1.05 bits per heavy atom. The number of aliphatic hydroxyl groups excluding tert-OH is 1. The molecule has 0 aliphatic heterocycles. The average Bonchev–Trinajstić information content (AvgIpc) is 2.97. The normalized spacial score (nSPS) is 13.0. The summed E-state index contributed by atoms with van der Waals surface area (Å²) in [5.41, 5.74) is 8.27. The Bertz CT molecular complexity index is 935. The number of hydrogen-bond acceptors (Lipinski definition) is 7. The Labute approximate surface area is 252 Å². The molecule has 3 atom stereocenters. The number of aliphatic hydroxyl groups is 1. The van der Waals surface area contributed by atoms with Crippen molar-refractivity contribution in [2.45, 2.75) is 78.5 Å². The van der Waals surface area contributed by atoms with Crippen LogP contribution in [0.5, 0.6) is 5.75 Å². The van der Waals surface area contributed by atoms with E-state index in [4.69, 9.17) is 36.7 Å². The van der Waals surface area contributed by atoms with E-state index in [1.807, 2.05) is 55.5 Å². The summed E-state index contributed by atoms with van der Waals surface area (Å²) in [4.78, 5) is 12.6. The van der Waals surface area contributed by atoms with E-state index in [1.165, 1.54) is 0 Å². The fourth-order valence-electron chi connectivity index (χ4n) is 3.91. The van der Waals surface area contributed by atoms with Crippen LogP contribution in [0.1, 0.15) is 65.4 Å². The lowest BCUT2D eigenvalue weighted by molar-refractivity contribution is -0.122. The monoisotopic (exact) mass is 593 g/mol. The fourth-order valence-corrected chi connectivity index (χ4v) is 4.09. The number of nitrogens with two attached hydrogens (primary N) is 1. The molecule has 0 aliphatic rings. The van der Waals surface area contributed by atoms with Crippen LogP contribution >= 0.6 is 11.6 Å². The quantitative estimate of drug-likeness (QED) is 0.143. The molecule has 0 radical (unpaired) electrons. The number of halogens is 1. The van der Waals surface area contributed by atoms with Crippen LogP contribution in [0, 0.1) is 5.92 Å². The highest BCUT2D eigenvalue weighted by Gasteiger charge is 2.18. The zero-order chi connectivity index (χ0) is 30.3. The van der Waals surface area contributed by atoms with Crippen LogP contribution in [0.4, 0.5) is 5.69 Å². The number of nitrogens with one attached hydrogen (secondary N) is 2.